The third-order valence-electron chi connectivity index (χ3n) is 4.67. The van der Waals surface area contributed by atoms with Gasteiger partial charge in [0, 0.05) is 32.1 Å². The molecule has 0 aromatic rings. The van der Waals surface area contributed by atoms with Crippen molar-refractivity contribution in [3.8, 4) is 0 Å². The van der Waals surface area contributed by atoms with Crippen molar-refractivity contribution in [2.24, 2.45) is 23.0 Å². The zero-order valence-electron chi connectivity index (χ0n) is 16.3. The number of nitrogens with one attached hydrogen (secondary N) is 1. The lowest BCUT2D eigenvalue weighted by Gasteiger charge is -2.34. The van der Waals surface area contributed by atoms with Crippen LogP contribution in [0.2, 0.25) is 0 Å². The second-order valence-electron chi connectivity index (χ2n) is 8.49. The van der Waals surface area contributed by atoms with E-state index in [1.165, 1.54) is 0 Å². The summed E-state index contributed by atoms with van der Waals surface area (Å²) in [5.74, 6) is 0.259. The van der Waals surface area contributed by atoms with Crippen molar-refractivity contribution in [3.05, 3.63) is 0 Å². The molecule has 2 amide bonds. The first-order valence-electron chi connectivity index (χ1n) is 9.00. The van der Waals surface area contributed by atoms with Gasteiger partial charge >= 0.3 is 0 Å². The van der Waals surface area contributed by atoms with Gasteiger partial charge in [0.25, 0.3) is 0 Å². The number of carbonyl (C=O) groups is 2. The van der Waals surface area contributed by atoms with Gasteiger partial charge in [-0.2, -0.15) is 0 Å². The Bertz CT molecular complexity index is 427. The fraction of sp³-hybridized carbons (Fsp3) is 0.889. The van der Waals surface area contributed by atoms with Crippen LogP contribution in [0.1, 0.15) is 40.5 Å². The lowest BCUT2D eigenvalue weighted by molar-refractivity contribution is -0.137. The summed E-state index contributed by atoms with van der Waals surface area (Å²) >= 11 is 0. The number of hydrogen-bond donors (Lipinski definition) is 2. The first kappa shape index (κ1) is 20.9. The highest BCUT2D eigenvalue weighted by atomic mass is 16.2. The monoisotopic (exact) mass is 340 g/mol. The number of likely N-dealkylation sites (tertiary alicyclic amines) is 1. The Morgan fingerprint density at radius 1 is 1.25 bits per heavy atom. The molecule has 0 aromatic carbocycles. The minimum Gasteiger partial charge on any atom is -0.355 e. The Hall–Kier alpha value is -1.14. The van der Waals surface area contributed by atoms with Crippen LogP contribution in [0.15, 0.2) is 0 Å². The molecule has 0 aromatic heterocycles. The molecule has 1 saturated heterocycles. The molecule has 0 aliphatic carbocycles. The second-order valence-corrected chi connectivity index (χ2v) is 8.49. The van der Waals surface area contributed by atoms with Crippen molar-refractivity contribution < 1.29 is 9.59 Å². The number of nitrogens with zero attached hydrogens (tertiary/aromatic N) is 2. The number of piperidine rings is 1. The van der Waals surface area contributed by atoms with Crippen molar-refractivity contribution in [1.82, 2.24) is 15.1 Å². The highest BCUT2D eigenvalue weighted by Crippen LogP contribution is 2.20. The Labute approximate surface area is 147 Å². The maximum absolute atomic E-state index is 12.4. The predicted molar refractivity (Wildman–Crippen MR) is 97.5 cm³/mol. The van der Waals surface area contributed by atoms with E-state index in [1.807, 2.05) is 32.8 Å². The zero-order chi connectivity index (χ0) is 18.5. The summed E-state index contributed by atoms with van der Waals surface area (Å²) in [6, 6.07) is -0.442. The molecule has 0 saturated carbocycles. The van der Waals surface area contributed by atoms with Crippen molar-refractivity contribution >= 4 is 11.8 Å². The van der Waals surface area contributed by atoms with Gasteiger partial charge in [0.05, 0.1) is 6.04 Å². The van der Waals surface area contributed by atoms with Gasteiger partial charge in [0.1, 0.15) is 0 Å². The van der Waals surface area contributed by atoms with E-state index in [-0.39, 0.29) is 29.1 Å². The average molecular weight is 341 g/mol. The van der Waals surface area contributed by atoms with Gasteiger partial charge in [-0.05, 0) is 38.3 Å². The summed E-state index contributed by atoms with van der Waals surface area (Å²) in [7, 11) is 4.08. The molecular formula is C18H36N4O2. The highest BCUT2D eigenvalue weighted by Gasteiger charge is 2.31. The third-order valence-corrected chi connectivity index (χ3v) is 4.67. The highest BCUT2D eigenvalue weighted by molar-refractivity contribution is 5.83. The SMILES string of the molecule is CC(C)[C@H](N)C(=O)N1CCC(C(=O)NCC(C)(C)CN(C)C)CC1. The maximum Gasteiger partial charge on any atom is 0.239 e. The summed E-state index contributed by atoms with van der Waals surface area (Å²) in [5, 5.41) is 3.09. The van der Waals surface area contributed by atoms with E-state index in [1.54, 1.807) is 0 Å². The normalized spacial score (nSPS) is 18.1. The minimum atomic E-state index is -0.442. The lowest BCUT2D eigenvalue weighted by atomic mass is 9.91. The Morgan fingerprint density at radius 2 is 1.79 bits per heavy atom. The zero-order valence-corrected chi connectivity index (χ0v) is 16.3. The fourth-order valence-electron chi connectivity index (χ4n) is 3.24. The van der Waals surface area contributed by atoms with E-state index in [2.05, 4.69) is 24.1 Å². The molecule has 1 fully saturated rings. The second kappa shape index (κ2) is 8.81. The van der Waals surface area contributed by atoms with Crippen molar-refractivity contribution in [2.75, 3.05) is 40.3 Å². The first-order valence-corrected chi connectivity index (χ1v) is 9.00. The summed E-state index contributed by atoms with van der Waals surface area (Å²) in [4.78, 5) is 28.6. The quantitative estimate of drug-likeness (QED) is 0.722. The van der Waals surface area contributed by atoms with Crippen molar-refractivity contribution in [3.63, 3.8) is 0 Å². The predicted octanol–water partition coefficient (Wildman–Crippen LogP) is 0.912. The maximum atomic E-state index is 12.4. The topological polar surface area (TPSA) is 78.7 Å². The van der Waals surface area contributed by atoms with Crippen LogP contribution in [-0.2, 0) is 9.59 Å². The summed E-state index contributed by atoms with van der Waals surface area (Å²) in [6.07, 6.45) is 1.44. The molecule has 0 radical (unpaired) electrons. The number of hydrogen-bond acceptors (Lipinski definition) is 4. The molecular weight excluding hydrogens is 304 g/mol. The van der Waals surface area contributed by atoms with Gasteiger partial charge in [0.2, 0.25) is 11.8 Å². The summed E-state index contributed by atoms with van der Waals surface area (Å²) in [5.41, 5.74) is 5.99. The summed E-state index contributed by atoms with van der Waals surface area (Å²) in [6.45, 7) is 11.1. The molecule has 1 rings (SSSR count). The molecule has 1 aliphatic heterocycles. The van der Waals surface area contributed by atoms with Crippen molar-refractivity contribution in [2.45, 2.75) is 46.6 Å². The number of nitrogens with two attached hydrogens (primary N) is 1. The van der Waals surface area contributed by atoms with Crippen LogP contribution in [0.25, 0.3) is 0 Å². The average Bonchev–Trinajstić information content (AvgIpc) is 2.50. The van der Waals surface area contributed by atoms with Crippen LogP contribution in [0.5, 0.6) is 0 Å². The van der Waals surface area contributed by atoms with Crippen LogP contribution in [0.3, 0.4) is 0 Å². The van der Waals surface area contributed by atoms with Gasteiger partial charge in [-0.1, -0.05) is 27.7 Å². The molecule has 1 atom stereocenters. The summed E-state index contributed by atoms with van der Waals surface area (Å²) < 4.78 is 0. The Balaban J connectivity index is 2.42. The van der Waals surface area contributed by atoms with Gasteiger partial charge in [-0.15, -0.1) is 0 Å². The van der Waals surface area contributed by atoms with Gasteiger partial charge < -0.3 is 20.9 Å². The van der Waals surface area contributed by atoms with Crippen LogP contribution in [0.4, 0.5) is 0 Å². The van der Waals surface area contributed by atoms with E-state index >= 15 is 0 Å². The van der Waals surface area contributed by atoms with Crippen LogP contribution < -0.4 is 11.1 Å². The molecule has 0 spiro atoms. The molecule has 6 heteroatoms. The molecule has 0 unspecified atom stereocenters. The van der Waals surface area contributed by atoms with Crippen LogP contribution >= 0.6 is 0 Å². The third kappa shape index (κ3) is 6.40. The molecule has 24 heavy (non-hydrogen) atoms. The van der Waals surface area contributed by atoms with Crippen LogP contribution in [0, 0.1) is 17.3 Å². The molecule has 3 N–H and O–H groups in total. The minimum absolute atomic E-state index is 0.000481. The Kier molecular flexibility index (Phi) is 7.67. The molecule has 1 aliphatic rings. The largest absolute Gasteiger partial charge is 0.355 e. The van der Waals surface area contributed by atoms with E-state index < -0.39 is 6.04 Å². The first-order chi connectivity index (χ1) is 11.0. The van der Waals surface area contributed by atoms with E-state index in [0.717, 1.165) is 19.4 Å². The molecule has 140 valence electrons. The Morgan fingerprint density at radius 3 is 2.25 bits per heavy atom. The molecule has 6 nitrogen and oxygen atoms in total. The van der Waals surface area contributed by atoms with Crippen molar-refractivity contribution in [1.29, 1.82) is 0 Å². The number of amides is 2. The smallest absolute Gasteiger partial charge is 0.239 e. The van der Waals surface area contributed by atoms with E-state index in [0.29, 0.717) is 19.6 Å². The van der Waals surface area contributed by atoms with Gasteiger partial charge in [-0.25, -0.2) is 0 Å². The molecule has 1 heterocycles. The number of carbonyl (C=O) groups excluding carboxylic acids is 2. The van der Waals surface area contributed by atoms with E-state index in [9.17, 15) is 9.59 Å². The molecule has 0 bridgehead atoms. The fourth-order valence-corrected chi connectivity index (χ4v) is 3.24. The van der Waals surface area contributed by atoms with Crippen LogP contribution in [-0.4, -0.2) is 67.9 Å². The standard InChI is InChI=1S/C18H36N4O2/c1-13(2)15(19)17(24)22-9-7-14(8-10-22)16(23)20-11-18(3,4)12-21(5)6/h13-15H,7-12,19H2,1-6H3,(H,20,23)/t15-/m0/s1. The van der Waals surface area contributed by atoms with Gasteiger partial charge in [0.15, 0.2) is 0 Å². The number of rotatable bonds is 7. The van der Waals surface area contributed by atoms with E-state index in [4.69, 9.17) is 5.73 Å². The van der Waals surface area contributed by atoms with Gasteiger partial charge in [-0.3, -0.25) is 9.59 Å². The lowest BCUT2D eigenvalue weighted by Crippen LogP contribution is -2.51.